The number of carbonyl (C=O) groups excluding carboxylic acids is 1. The Labute approximate surface area is 120 Å². The van der Waals surface area contributed by atoms with Crippen molar-refractivity contribution >= 4 is 11.6 Å². The first-order chi connectivity index (χ1) is 9.57. The summed E-state index contributed by atoms with van der Waals surface area (Å²) in [7, 11) is 0. The van der Waals surface area contributed by atoms with Crippen molar-refractivity contribution in [1.29, 1.82) is 0 Å². The number of aryl methyl sites for hydroxylation is 1. The van der Waals surface area contributed by atoms with Crippen molar-refractivity contribution in [3.8, 4) is 5.75 Å². The number of rotatable bonds is 4. The van der Waals surface area contributed by atoms with Crippen LogP contribution in [0.4, 0.5) is 5.69 Å². The van der Waals surface area contributed by atoms with Crippen LogP contribution in [-0.2, 0) is 4.79 Å². The number of hydrogen-bond donors (Lipinski definition) is 3. The second kappa shape index (κ2) is 6.27. The molecular weight excluding hydrogens is 252 g/mol. The lowest BCUT2D eigenvalue weighted by Crippen LogP contribution is -2.44. The smallest absolute Gasteiger partial charge is 0.230 e. The SMILES string of the molecule is CCCC1(C(=O)Nc2ccc(O)c(C)c2)CCNCC1. The number of anilines is 1. The fraction of sp³-hybridized carbons (Fsp3) is 0.562. The molecule has 0 bridgehead atoms. The molecule has 1 saturated heterocycles. The molecule has 0 radical (unpaired) electrons. The summed E-state index contributed by atoms with van der Waals surface area (Å²) < 4.78 is 0. The Bertz CT molecular complexity index is 474. The summed E-state index contributed by atoms with van der Waals surface area (Å²) in [4.78, 5) is 12.7. The molecule has 0 atom stereocenters. The average Bonchev–Trinajstić information content (AvgIpc) is 2.44. The molecule has 1 fully saturated rings. The van der Waals surface area contributed by atoms with Gasteiger partial charge in [-0.1, -0.05) is 13.3 Å². The maximum atomic E-state index is 12.7. The Morgan fingerprint density at radius 2 is 2.10 bits per heavy atom. The summed E-state index contributed by atoms with van der Waals surface area (Å²) in [6.07, 6.45) is 3.73. The topological polar surface area (TPSA) is 61.4 Å². The normalized spacial score (nSPS) is 17.7. The minimum Gasteiger partial charge on any atom is -0.508 e. The van der Waals surface area contributed by atoms with E-state index in [1.165, 1.54) is 0 Å². The molecular formula is C16H24N2O2. The van der Waals surface area contributed by atoms with E-state index in [9.17, 15) is 9.90 Å². The van der Waals surface area contributed by atoms with E-state index in [1.807, 2.05) is 13.0 Å². The molecule has 2 rings (SSSR count). The molecule has 0 spiro atoms. The van der Waals surface area contributed by atoms with Gasteiger partial charge >= 0.3 is 0 Å². The predicted octanol–water partition coefficient (Wildman–Crippen LogP) is 2.81. The summed E-state index contributed by atoms with van der Waals surface area (Å²) in [6, 6.07) is 5.19. The van der Waals surface area contributed by atoms with Crippen LogP contribution in [0.5, 0.6) is 5.75 Å². The van der Waals surface area contributed by atoms with E-state index >= 15 is 0 Å². The van der Waals surface area contributed by atoms with Gasteiger partial charge in [0.25, 0.3) is 0 Å². The Balaban J connectivity index is 2.13. The number of piperidine rings is 1. The molecule has 4 heteroatoms. The van der Waals surface area contributed by atoms with E-state index in [-0.39, 0.29) is 17.1 Å². The number of carbonyl (C=O) groups is 1. The van der Waals surface area contributed by atoms with Gasteiger partial charge in [-0.25, -0.2) is 0 Å². The highest BCUT2D eigenvalue weighted by Crippen LogP contribution is 2.35. The quantitative estimate of drug-likeness (QED) is 0.741. The van der Waals surface area contributed by atoms with Crippen LogP contribution in [-0.4, -0.2) is 24.1 Å². The van der Waals surface area contributed by atoms with Gasteiger partial charge < -0.3 is 15.7 Å². The lowest BCUT2D eigenvalue weighted by atomic mass is 9.74. The van der Waals surface area contributed by atoms with Gasteiger partial charge in [-0.2, -0.15) is 0 Å². The van der Waals surface area contributed by atoms with Crippen molar-refractivity contribution in [3.63, 3.8) is 0 Å². The highest BCUT2D eigenvalue weighted by Gasteiger charge is 2.38. The zero-order valence-corrected chi connectivity index (χ0v) is 12.3. The van der Waals surface area contributed by atoms with Gasteiger partial charge in [0.15, 0.2) is 0 Å². The summed E-state index contributed by atoms with van der Waals surface area (Å²) >= 11 is 0. The van der Waals surface area contributed by atoms with Crippen LogP contribution in [0.1, 0.15) is 38.2 Å². The zero-order valence-electron chi connectivity index (χ0n) is 12.3. The lowest BCUT2D eigenvalue weighted by molar-refractivity contribution is -0.127. The summed E-state index contributed by atoms with van der Waals surface area (Å²) in [5.74, 6) is 0.374. The van der Waals surface area contributed by atoms with Gasteiger partial charge in [0.1, 0.15) is 5.75 Å². The first-order valence-electron chi connectivity index (χ1n) is 7.39. The number of aromatic hydroxyl groups is 1. The van der Waals surface area contributed by atoms with Crippen LogP contribution >= 0.6 is 0 Å². The third-order valence-electron chi connectivity index (χ3n) is 4.23. The second-order valence-corrected chi connectivity index (χ2v) is 5.74. The summed E-state index contributed by atoms with van der Waals surface area (Å²) in [6.45, 7) is 5.77. The lowest BCUT2D eigenvalue weighted by Gasteiger charge is -2.36. The van der Waals surface area contributed by atoms with Gasteiger partial charge in [-0.3, -0.25) is 4.79 Å². The van der Waals surface area contributed by atoms with Crippen LogP contribution in [0.3, 0.4) is 0 Å². The molecule has 1 aliphatic rings. The fourth-order valence-electron chi connectivity index (χ4n) is 2.97. The van der Waals surface area contributed by atoms with Crippen LogP contribution < -0.4 is 10.6 Å². The van der Waals surface area contributed by atoms with Crippen molar-refractivity contribution in [3.05, 3.63) is 23.8 Å². The standard InChI is InChI=1S/C16H24N2O2/c1-3-6-16(7-9-17-10-8-16)15(20)18-13-4-5-14(19)12(2)11-13/h4-5,11,17,19H,3,6-10H2,1-2H3,(H,18,20). The second-order valence-electron chi connectivity index (χ2n) is 5.74. The molecule has 0 aliphatic carbocycles. The molecule has 1 heterocycles. The minimum atomic E-state index is -0.244. The van der Waals surface area contributed by atoms with Crippen LogP contribution in [0.25, 0.3) is 0 Å². The predicted molar refractivity (Wildman–Crippen MR) is 80.9 cm³/mol. The molecule has 1 amide bonds. The molecule has 1 aliphatic heterocycles. The molecule has 3 N–H and O–H groups in total. The van der Waals surface area contributed by atoms with E-state index in [0.29, 0.717) is 0 Å². The third-order valence-corrected chi connectivity index (χ3v) is 4.23. The first-order valence-corrected chi connectivity index (χ1v) is 7.39. The number of benzene rings is 1. The Morgan fingerprint density at radius 1 is 1.40 bits per heavy atom. The monoisotopic (exact) mass is 276 g/mol. The molecule has 0 aromatic heterocycles. The minimum absolute atomic E-state index is 0.117. The highest BCUT2D eigenvalue weighted by molar-refractivity contribution is 5.95. The Morgan fingerprint density at radius 3 is 2.70 bits per heavy atom. The number of nitrogens with one attached hydrogen (secondary N) is 2. The average molecular weight is 276 g/mol. The molecule has 1 aromatic rings. The molecule has 110 valence electrons. The first kappa shape index (κ1) is 14.9. The fourth-order valence-corrected chi connectivity index (χ4v) is 2.97. The van der Waals surface area contributed by atoms with Gasteiger partial charge in [-0.05, 0) is 63.0 Å². The van der Waals surface area contributed by atoms with Crippen molar-refractivity contribution in [2.24, 2.45) is 5.41 Å². The zero-order chi connectivity index (χ0) is 14.6. The Hall–Kier alpha value is -1.55. The van der Waals surface area contributed by atoms with Crippen molar-refractivity contribution < 1.29 is 9.90 Å². The van der Waals surface area contributed by atoms with Gasteiger partial charge in [0.2, 0.25) is 5.91 Å². The van der Waals surface area contributed by atoms with E-state index in [1.54, 1.807) is 12.1 Å². The van der Waals surface area contributed by atoms with Gasteiger partial charge in [0.05, 0.1) is 5.41 Å². The van der Waals surface area contributed by atoms with E-state index in [2.05, 4.69) is 17.6 Å². The number of phenolic OH excluding ortho intramolecular Hbond substituents is 1. The number of amides is 1. The van der Waals surface area contributed by atoms with Crippen LogP contribution in [0.2, 0.25) is 0 Å². The number of phenols is 1. The van der Waals surface area contributed by atoms with Crippen molar-refractivity contribution in [1.82, 2.24) is 5.32 Å². The molecule has 0 unspecified atom stereocenters. The highest BCUT2D eigenvalue weighted by atomic mass is 16.3. The molecule has 4 nitrogen and oxygen atoms in total. The van der Waals surface area contributed by atoms with Crippen LogP contribution in [0.15, 0.2) is 18.2 Å². The van der Waals surface area contributed by atoms with Gasteiger partial charge in [0, 0.05) is 5.69 Å². The molecule has 0 saturated carbocycles. The van der Waals surface area contributed by atoms with E-state index in [0.717, 1.165) is 50.0 Å². The Kier molecular flexibility index (Phi) is 4.65. The summed E-state index contributed by atoms with van der Waals surface area (Å²) in [5, 5.41) is 15.9. The van der Waals surface area contributed by atoms with Crippen molar-refractivity contribution in [2.75, 3.05) is 18.4 Å². The van der Waals surface area contributed by atoms with E-state index < -0.39 is 0 Å². The molecule has 1 aromatic carbocycles. The van der Waals surface area contributed by atoms with Crippen molar-refractivity contribution in [2.45, 2.75) is 39.5 Å². The van der Waals surface area contributed by atoms with Gasteiger partial charge in [-0.15, -0.1) is 0 Å². The largest absolute Gasteiger partial charge is 0.508 e. The summed E-state index contributed by atoms with van der Waals surface area (Å²) in [5.41, 5.74) is 1.29. The van der Waals surface area contributed by atoms with Crippen LogP contribution in [0, 0.1) is 12.3 Å². The maximum Gasteiger partial charge on any atom is 0.230 e. The third kappa shape index (κ3) is 3.12. The number of hydrogen-bond acceptors (Lipinski definition) is 3. The molecule has 20 heavy (non-hydrogen) atoms. The maximum absolute atomic E-state index is 12.7. The van der Waals surface area contributed by atoms with E-state index in [4.69, 9.17) is 0 Å².